The summed E-state index contributed by atoms with van der Waals surface area (Å²) in [5.41, 5.74) is 6.34. The summed E-state index contributed by atoms with van der Waals surface area (Å²) in [7, 11) is 0. The molecule has 0 aliphatic rings. The molecular weight excluding hydrogens is 294 g/mol. The van der Waals surface area contributed by atoms with Gasteiger partial charge in [0.1, 0.15) is 0 Å². The van der Waals surface area contributed by atoms with E-state index < -0.39 is 5.91 Å². The van der Waals surface area contributed by atoms with Crippen molar-refractivity contribution >= 4 is 23.6 Å². The van der Waals surface area contributed by atoms with Gasteiger partial charge in [-0.25, -0.2) is 0 Å². The molecule has 0 saturated carbocycles. The van der Waals surface area contributed by atoms with Crippen molar-refractivity contribution in [2.24, 2.45) is 0 Å². The second-order valence-corrected chi connectivity index (χ2v) is 4.59. The number of hydrogen-bond acceptors (Lipinski definition) is 4. The molecule has 118 valence electrons. The quantitative estimate of drug-likeness (QED) is 0.537. The van der Waals surface area contributed by atoms with E-state index in [-0.39, 0.29) is 12.5 Å². The van der Waals surface area contributed by atoms with E-state index in [9.17, 15) is 9.59 Å². The summed E-state index contributed by atoms with van der Waals surface area (Å²) < 4.78 is 5.11. The van der Waals surface area contributed by atoms with Gasteiger partial charge in [-0.1, -0.05) is 36.9 Å². The van der Waals surface area contributed by atoms with Gasteiger partial charge in [0.2, 0.25) is 5.91 Å². The van der Waals surface area contributed by atoms with Crippen LogP contribution in [0.1, 0.15) is 11.3 Å². The van der Waals surface area contributed by atoms with Gasteiger partial charge in [0, 0.05) is 6.08 Å². The summed E-state index contributed by atoms with van der Waals surface area (Å²) in [6.07, 6.45) is 4.55. The Labute approximate surface area is 133 Å². The molecule has 1 aromatic carbocycles. The average molecular weight is 311 g/mol. The number of nitrogens with one attached hydrogen (secondary N) is 3. The van der Waals surface area contributed by atoms with Gasteiger partial charge in [-0.2, -0.15) is 0 Å². The van der Waals surface area contributed by atoms with E-state index in [1.807, 2.05) is 30.3 Å². The summed E-state index contributed by atoms with van der Waals surface area (Å²) >= 11 is 0. The van der Waals surface area contributed by atoms with E-state index >= 15 is 0 Å². The predicted octanol–water partition coefficient (Wildman–Crippen LogP) is 1.70. The summed E-state index contributed by atoms with van der Waals surface area (Å²) in [4.78, 5) is 23.2. The summed E-state index contributed by atoms with van der Waals surface area (Å²) in [5, 5.41) is 2.48. The molecule has 0 saturated heterocycles. The number of amides is 2. The Morgan fingerprint density at radius 3 is 2.57 bits per heavy atom. The molecule has 0 aliphatic carbocycles. The lowest BCUT2D eigenvalue weighted by Crippen LogP contribution is -2.42. The molecule has 0 aliphatic heterocycles. The normalized spacial score (nSPS) is 10.3. The lowest BCUT2D eigenvalue weighted by molar-refractivity contribution is -0.124. The molecule has 2 aromatic rings. The predicted molar refractivity (Wildman–Crippen MR) is 87.5 cm³/mol. The fourth-order valence-corrected chi connectivity index (χ4v) is 1.66. The number of carbonyl (C=O) groups excluding carboxylic acids is 2. The maximum absolute atomic E-state index is 11.6. The van der Waals surface area contributed by atoms with Crippen LogP contribution in [0.4, 0.5) is 0 Å². The standard InChI is InChI=1S/C17H17N3O3/c1-13(15-8-5-11-23-15)19-20-17(22)12-18-16(21)10-9-14-6-3-2-4-7-14/h2-11,19H,1,12H2,(H,18,21)(H,20,22)/b10-9+. The molecule has 0 bridgehead atoms. The molecule has 0 spiro atoms. The van der Waals surface area contributed by atoms with Crippen molar-refractivity contribution in [1.29, 1.82) is 0 Å². The Morgan fingerprint density at radius 2 is 1.87 bits per heavy atom. The van der Waals surface area contributed by atoms with Gasteiger partial charge in [-0.3, -0.25) is 20.4 Å². The van der Waals surface area contributed by atoms with Crippen LogP contribution in [0.25, 0.3) is 11.8 Å². The number of hydrogen-bond donors (Lipinski definition) is 3. The number of benzene rings is 1. The number of hydrazine groups is 1. The largest absolute Gasteiger partial charge is 0.463 e. The zero-order chi connectivity index (χ0) is 16.5. The second-order valence-electron chi connectivity index (χ2n) is 4.59. The monoisotopic (exact) mass is 311 g/mol. The van der Waals surface area contributed by atoms with Gasteiger partial charge in [0.25, 0.3) is 5.91 Å². The maximum atomic E-state index is 11.6. The third-order valence-corrected chi connectivity index (χ3v) is 2.82. The van der Waals surface area contributed by atoms with Crippen LogP contribution in [-0.2, 0) is 9.59 Å². The minimum atomic E-state index is -0.404. The number of rotatable bonds is 7. The smallest absolute Gasteiger partial charge is 0.257 e. The Morgan fingerprint density at radius 1 is 1.09 bits per heavy atom. The topological polar surface area (TPSA) is 83.4 Å². The van der Waals surface area contributed by atoms with E-state index in [1.165, 1.54) is 12.3 Å². The van der Waals surface area contributed by atoms with Crippen molar-refractivity contribution in [3.05, 3.63) is 72.7 Å². The highest BCUT2D eigenvalue weighted by Gasteiger charge is 2.05. The van der Waals surface area contributed by atoms with Gasteiger partial charge in [0.15, 0.2) is 5.76 Å². The molecule has 1 heterocycles. The lowest BCUT2D eigenvalue weighted by Gasteiger charge is -2.09. The third-order valence-electron chi connectivity index (χ3n) is 2.82. The van der Waals surface area contributed by atoms with Gasteiger partial charge >= 0.3 is 0 Å². The minimum Gasteiger partial charge on any atom is -0.463 e. The molecule has 6 nitrogen and oxygen atoms in total. The summed E-state index contributed by atoms with van der Waals surface area (Å²) in [5.74, 6) is -0.242. The molecule has 0 atom stereocenters. The fourth-order valence-electron chi connectivity index (χ4n) is 1.66. The molecule has 0 fully saturated rings. The molecule has 3 N–H and O–H groups in total. The van der Waals surface area contributed by atoms with Crippen LogP contribution < -0.4 is 16.2 Å². The van der Waals surface area contributed by atoms with Crippen molar-refractivity contribution in [1.82, 2.24) is 16.2 Å². The first-order valence-electron chi connectivity index (χ1n) is 6.94. The first kappa shape index (κ1) is 16.1. The van der Waals surface area contributed by atoms with Gasteiger partial charge < -0.3 is 9.73 Å². The number of furan rings is 1. The molecule has 23 heavy (non-hydrogen) atoms. The molecule has 2 rings (SSSR count). The summed E-state index contributed by atoms with van der Waals surface area (Å²) in [6, 6.07) is 12.8. The molecule has 0 unspecified atom stereocenters. The van der Waals surface area contributed by atoms with Gasteiger partial charge in [0.05, 0.1) is 18.5 Å². The highest BCUT2D eigenvalue weighted by atomic mass is 16.3. The van der Waals surface area contributed by atoms with E-state index in [0.29, 0.717) is 11.5 Å². The Kier molecular flexibility index (Phi) is 5.76. The fraction of sp³-hybridized carbons (Fsp3) is 0.0588. The van der Waals surface area contributed by atoms with Crippen LogP contribution in [0.15, 0.2) is 65.8 Å². The zero-order valence-corrected chi connectivity index (χ0v) is 12.4. The van der Waals surface area contributed by atoms with Crippen molar-refractivity contribution in [3.63, 3.8) is 0 Å². The van der Waals surface area contributed by atoms with E-state index in [1.54, 1.807) is 18.2 Å². The van der Waals surface area contributed by atoms with Crippen LogP contribution in [-0.4, -0.2) is 18.4 Å². The SMILES string of the molecule is C=C(NNC(=O)CNC(=O)/C=C/c1ccccc1)c1ccco1. The summed E-state index contributed by atoms with van der Waals surface area (Å²) in [6.45, 7) is 3.55. The Hall–Kier alpha value is -3.28. The van der Waals surface area contributed by atoms with E-state index in [2.05, 4.69) is 22.7 Å². The Bertz CT molecular complexity index is 691. The van der Waals surface area contributed by atoms with E-state index in [0.717, 1.165) is 5.56 Å². The second kappa shape index (κ2) is 8.23. The highest BCUT2D eigenvalue weighted by molar-refractivity contribution is 5.94. The molecular formula is C17H17N3O3. The van der Waals surface area contributed by atoms with Crippen LogP contribution in [0, 0.1) is 0 Å². The lowest BCUT2D eigenvalue weighted by atomic mass is 10.2. The molecule has 1 aromatic heterocycles. The number of carbonyl (C=O) groups is 2. The Balaban J connectivity index is 1.69. The zero-order valence-electron chi connectivity index (χ0n) is 12.4. The van der Waals surface area contributed by atoms with Crippen molar-refractivity contribution in [2.45, 2.75) is 0 Å². The van der Waals surface area contributed by atoms with Gasteiger partial charge in [-0.15, -0.1) is 0 Å². The van der Waals surface area contributed by atoms with Crippen LogP contribution >= 0.6 is 0 Å². The minimum absolute atomic E-state index is 0.156. The maximum Gasteiger partial charge on any atom is 0.257 e. The van der Waals surface area contributed by atoms with Crippen LogP contribution in [0.3, 0.4) is 0 Å². The van der Waals surface area contributed by atoms with E-state index in [4.69, 9.17) is 4.42 Å². The van der Waals surface area contributed by atoms with Crippen LogP contribution in [0.2, 0.25) is 0 Å². The molecule has 2 amide bonds. The van der Waals surface area contributed by atoms with Crippen molar-refractivity contribution in [2.75, 3.05) is 6.54 Å². The van der Waals surface area contributed by atoms with Crippen LogP contribution in [0.5, 0.6) is 0 Å². The third kappa shape index (κ3) is 5.55. The van der Waals surface area contributed by atoms with Crippen molar-refractivity contribution in [3.8, 4) is 0 Å². The average Bonchev–Trinajstić information content (AvgIpc) is 3.11. The molecule has 0 radical (unpaired) electrons. The van der Waals surface area contributed by atoms with Gasteiger partial charge in [-0.05, 0) is 23.8 Å². The van der Waals surface area contributed by atoms with Crippen molar-refractivity contribution < 1.29 is 14.0 Å². The first-order chi connectivity index (χ1) is 11.1. The first-order valence-corrected chi connectivity index (χ1v) is 6.94. The molecule has 6 heteroatoms. The highest BCUT2D eigenvalue weighted by Crippen LogP contribution is 2.07.